The molecule has 3 aliphatic rings. The molecular weight excluding hydrogens is 380 g/mol. The van der Waals surface area contributed by atoms with Gasteiger partial charge in [0.05, 0.1) is 7.11 Å². The van der Waals surface area contributed by atoms with E-state index in [0.717, 1.165) is 42.6 Å². The molecule has 0 aromatic heterocycles. The van der Waals surface area contributed by atoms with Crippen LogP contribution in [-0.4, -0.2) is 12.9 Å². The minimum Gasteiger partial charge on any atom is -0.497 e. The summed E-state index contributed by atoms with van der Waals surface area (Å²) in [6, 6.07) is 15.4. The molecule has 0 aliphatic heterocycles. The molecule has 2 aromatic rings. The summed E-state index contributed by atoms with van der Waals surface area (Å²) in [5.74, 6) is 3.56. The zero-order chi connectivity index (χ0) is 21.8. The second kappa shape index (κ2) is 7.65. The topological polar surface area (TPSA) is 26.3 Å². The summed E-state index contributed by atoms with van der Waals surface area (Å²) in [6.07, 6.45) is 7.53. The number of methoxy groups -OCH3 is 1. The van der Waals surface area contributed by atoms with Gasteiger partial charge in [-0.15, -0.1) is 0 Å². The highest BCUT2D eigenvalue weighted by molar-refractivity contribution is 6.06. The first-order valence-electron chi connectivity index (χ1n) is 11.9. The van der Waals surface area contributed by atoms with Crippen LogP contribution in [0.3, 0.4) is 0 Å². The molecule has 0 amide bonds. The SMILES string of the molecule is COc1ccc2c(c1)CC[C@@H]1[C@H]3C/C(=C\c4ccc(C(C)C)cc4)C(=O)[C@@]3(C)CC[C@@H]21. The Bertz CT molecular complexity index is 1030. The smallest absolute Gasteiger partial charge is 0.165 e. The van der Waals surface area contributed by atoms with E-state index in [1.54, 1.807) is 7.11 Å². The maximum atomic E-state index is 13.6. The van der Waals surface area contributed by atoms with Crippen molar-refractivity contribution < 1.29 is 9.53 Å². The molecule has 0 heterocycles. The molecule has 5 rings (SSSR count). The highest BCUT2D eigenvalue weighted by atomic mass is 16.5. The molecule has 0 spiro atoms. The zero-order valence-electron chi connectivity index (χ0n) is 19.3. The highest BCUT2D eigenvalue weighted by Gasteiger charge is 2.56. The molecule has 2 heteroatoms. The summed E-state index contributed by atoms with van der Waals surface area (Å²) in [7, 11) is 1.74. The van der Waals surface area contributed by atoms with Crippen molar-refractivity contribution in [3.63, 3.8) is 0 Å². The van der Waals surface area contributed by atoms with E-state index in [-0.39, 0.29) is 5.41 Å². The number of carbonyl (C=O) groups is 1. The van der Waals surface area contributed by atoms with Gasteiger partial charge in [-0.05, 0) is 102 Å². The van der Waals surface area contributed by atoms with E-state index in [1.807, 2.05) is 0 Å². The fourth-order valence-electron chi connectivity index (χ4n) is 6.66. The first kappa shape index (κ1) is 20.5. The molecule has 3 aliphatic carbocycles. The van der Waals surface area contributed by atoms with Crippen LogP contribution in [0.2, 0.25) is 0 Å². The van der Waals surface area contributed by atoms with E-state index < -0.39 is 0 Å². The van der Waals surface area contributed by atoms with E-state index in [1.165, 1.54) is 23.1 Å². The van der Waals surface area contributed by atoms with Gasteiger partial charge in [0.25, 0.3) is 0 Å². The average molecular weight is 415 g/mol. The third-order valence-corrected chi connectivity index (χ3v) is 8.52. The number of rotatable bonds is 3. The number of fused-ring (bicyclic) bond motifs is 5. The van der Waals surface area contributed by atoms with Gasteiger partial charge >= 0.3 is 0 Å². The lowest BCUT2D eigenvalue weighted by Gasteiger charge is -2.48. The van der Waals surface area contributed by atoms with Crippen molar-refractivity contribution in [1.29, 1.82) is 0 Å². The third-order valence-electron chi connectivity index (χ3n) is 8.52. The molecule has 0 saturated heterocycles. The molecule has 0 bridgehead atoms. The summed E-state index contributed by atoms with van der Waals surface area (Å²) in [5.41, 5.74) is 6.33. The van der Waals surface area contributed by atoms with Gasteiger partial charge in [0, 0.05) is 5.41 Å². The summed E-state index contributed by atoms with van der Waals surface area (Å²) in [6.45, 7) is 6.69. The van der Waals surface area contributed by atoms with Crippen molar-refractivity contribution in [2.24, 2.45) is 17.3 Å². The molecule has 0 unspecified atom stereocenters. The van der Waals surface area contributed by atoms with Gasteiger partial charge < -0.3 is 4.74 Å². The lowest BCUT2D eigenvalue weighted by Crippen LogP contribution is -2.42. The monoisotopic (exact) mass is 414 g/mol. The highest BCUT2D eigenvalue weighted by Crippen LogP contribution is 2.60. The van der Waals surface area contributed by atoms with Crippen molar-refractivity contribution in [3.8, 4) is 5.75 Å². The Kier molecular flexibility index (Phi) is 5.07. The number of aryl methyl sites for hydroxylation is 1. The molecular formula is C29H34O2. The van der Waals surface area contributed by atoms with Crippen LogP contribution in [0, 0.1) is 17.3 Å². The molecule has 0 radical (unpaired) electrons. The second-order valence-electron chi connectivity index (χ2n) is 10.5. The van der Waals surface area contributed by atoms with Crippen molar-refractivity contribution >= 4 is 11.9 Å². The predicted molar refractivity (Wildman–Crippen MR) is 127 cm³/mol. The lowest BCUT2D eigenvalue weighted by molar-refractivity contribution is -0.127. The summed E-state index contributed by atoms with van der Waals surface area (Å²) in [4.78, 5) is 13.6. The molecule has 31 heavy (non-hydrogen) atoms. The van der Waals surface area contributed by atoms with Crippen LogP contribution >= 0.6 is 0 Å². The van der Waals surface area contributed by atoms with E-state index in [2.05, 4.69) is 69.3 Å². The molecule has 2 saturated carbocycles. The van der Waals surface area contributed by atoms with E-state index >= 15 is 0 Å². The van der Waals surface area contributed by atoms with Crippen molar-refractivity contribution in [1.82, 2.24) is 0 Å². The van der Waals surface area contributed by atoms with Crippen molar-refractivity contribution in [3.05, 3.63) is 70.3 Å². The first-order valence-corrected chi connectivity index (χ1v) is 11.9. The number of Topliss-reactive ketones (excluding diaryl/α,β-unsaturated/α-hetero) is 1. The van der Waals surface area contributed by atoms with Gasteiger partial charge in [-0.2, -0.15) is 0 Å². The number of benzene rings is 2. The van der Waals surface area contributed by atoms with Crippen LogP contribution in [0.1, 0.15) is 80.5 Å². The number of allylic oxidation sites excluding steroid dienone is 1. The number of ether oxygens (including phenoxy) is 1. The number of carbonyl (C=O) groups excluding carboxylic acids is 1. The van der Waals surface area contributed by atoms with Gasteiger partial charge in [-0.1, -0.05) is 51.1 Å². The summed E-state index contributed by atoms with van der Waals surface area (Å²) >= 11 is 0. The van der Waals surface area contributed by atoms with E-state index in [0.29, 0.717) is 29.5 Å². The van der Waals surface area contributed by atoms with Gasteiger partial charge in [-0.3, -0.25) is 4.79 Å². The molecule has 4 atom stereocenters. The Morgan fingerprint density at radius 3 is 2.58 bits per heavy atom. The second-order valence-corrected chi connectivity index (χ2v) is 10.5. The fourth-order valence-corrected chi connectivity index (χ4v) is 6.66. The Morgan fingerprint density at radius 2 is 1.87 bits per heavy atom. The normalized spacial score (nSPS) is 30.8. The van der Waals surface area contributed by atoms with Crippen LogP contribution in [0.25, 0.3) is 6.08 Å². The van der Waals surface area contributed by atoms with Crippen molar-refractivity contribution in [2.75, 3.05) is 7.11 Å². The maximum absolute atomic E-state index is 13.6. The third kappa shape index (κ3) is 3.35. The number of hydrogen-bond acceptors (Lipinski definition) is 2. The zero-order valence-corrected chi connectivity index (χ0v) is 19.3. The Hall–Kier alpha value is -2.35. The van der Waals surface area contributed by atoms with Crippen LogP contribution < -0.4 is 4.74 Å². The van der Waals surface area contributed by atoms with Gasteiger partial charge in [-0.25, -0.2) is 0 Å². The summed E-state index contributed by atoms with van der Waals surface area (Å²) < 4.78 is 5.45. The molecule has 2 nitrogen and oxygen atoms in total. The van der Waals surface area contributed by atoms with Gasteiger partial charge in [0.15, 0.2) is 5.78 Å². The molecule has 2 aromatic carbocycles. The van der Waals surface area contributed by atoms with Crippen molar-refractivity contribution in [2.45, 2.75) is 64.7 Å². The quantitative estimate of drug-likeness (QED) is 0.509. The van der Waals surface area contributed by atoms with Gasteiger partial charge in [0.2, 0.25) is 0 Å². The Balaban J connectivity index is 1.43. The average Bonchev–Trinajstić information content (AvgIpc) is 3.04. The molecule has 0 N–H and O–H groups in total. The van der Waals surface area contributed by atoms with Crippen LogP contribution in [0.15, 0.2) is 48.0 Å². The maximum Gasteiger partial charge on any atom is 0.165 e. The first-order chi connectivity index (χ1) is 14.9. The van der Waals surface area contributed by atoms with E-state index in [9.17, 15) is 4.79 Å². The lowest BCUT2D eigenvalue weighted by atomic mass is 9.55. The molecule has 2 fully saturated rings. The minimum atomic E-state index is -0.186. The predicted octanol–water partition coefficient (Wildman–Crippen LogP) is 6.94. The fraction of sp³-hybridized carbons (Fsp3) is 0.483. The Morgan fingerprint density at radius 1 is 1.10 bits per heavy atom. The number of ketones is 1. The largest absolute Gasteiger partial charge is 0.497 e. The van der Waals surface area contributed by atoms with E-state index in [4.69, 9.17) is 4.74 Å². The van der Waals surface area contributed by atoms with Crippen LogP contribution in [0.4, 0.5) is 0 Å². The number of hydrogen-bond donors (Lipinski definition) is 0. The summed E-state index contributed by atoms with van der Waals surface area (Å²) in [5, 5.41) is 0. The standard InChI is InChI=1S/C29H34O2/c1-18(2)20-7-5-19(6-8-20)15-22-17-27-26-11-9-21-16-23(31-4)10-12-24(21)25(26)13-14-29(27,3)28(22)30/h5-8,10,12,15-16,18,25-27H,9,11,13-14,17H2,1-4H3/b22-15+/t25-,26-,27+,29-/m0/s1. The van der Waals surface area contributed by atoms with Crippen LogP contribution in [0.5, 0.6) is 5.75 Å². The minimum absolute atomic E-state index is 0.186. The van der Waals surface area contributed by atoms with Crippen LogP contribution in [-0.2, 0) is 11.2 Å². The Labute approximate surface area is 186 Å². The molecule has 162 valence electrons. The van der Waals surface area contributed by atoms with Gasteiger partial charge in [0.1, 0.15) is 5.75 Å².